The number of rotatable bonds is 6. The van der Waals surface area contributed by atoms with Crippen LogP contribution in [0.5, 0.6) is 0 Å². The maximum Gasteiger partial charge on any atom is 0.354 e. The maximum absolute atomic E-state index is 10.9. The summed E-state index contributed by atoms with van der Waals surface area (Å²) in [6.07, 6.45) is 6.47. The predicted octanol–water partition coefficient (Wildman–Crippen LogP) is 2.24. The summed E-state index contributed by atoms with van der Waals surface area (Å²) in [4.78, 5) is 19.0. The minimum atomic E-state index is -1.04. The smallest absolute Gasteiger partial charge is 0.354 e. The number of aryl methyl sites for hydroxylation is 1. The fourth-order valence-electron chi connectivity index (χ4n) is 2.38. The fraction of sp³-hybridized carbons (Fsp3) is 0.643. The van der Waals surface area contributed by atoms with Crippen LogP contribution in [-0.4, -0.2) is 40.3 Å². The van der Waals surface area contributed by atoms with Gasteiger partial charge in [-0.15, -0.1) is 0 Å². The van der Waals surface area contributed by atoms with Crippen LogP contribution in [0.2, 0.25) is 0 Å². The Bertz CT molecular complexity index is 459. The highest BCUT2D eigenvalue weighted by atomic mass is 16.5. The molecule has 2 N–H and O–H groups in total. The highest BCUT2D eigenvalue weighted by molar-refractivity contribution is 5.85. The van der Waals surface area contributed by atoms with E-state index in [1.165, 1.54) is 25.3 Å². The van der Waals surface area contributed by atoms with Gasteiger partial charge in [0.25, 0.3) is 0 Å². The summed E-state index contributed by atoms with van der Waals surface area (Å²) < 4.78 is 5.78. The molecular formula is C14H21N3O3. The first-order valence-corrected chi connectivity index (χ1v) is 7.09. The van der Waals surface area contributed by atoms with E-state index in [0.717, 1.165) is 12.8 Å². The van der Waals surface area contributed by atoms with Crippen molar-refractivity contribution >= 4 is 11.9 Å². The van der Waals surface area contributed by atoms with Crippen LogP contribution < -0.4 is 5.32 Å². The molecule has 110 valence electrons. The molecular weight excluding hydrogens is 258 g/mol. The zero-order valence-electron chi connectivity index (χ0n) is 11.8. The molecule has 1 saturated carbocycles. The fourth-order valence-corrected chi connectivity index (χ4v) is 2.38. The van der Waals surface area contributed by atoms with E-state index >= 15 is 0 Å². The van der Waals surface area contributed by atoms with Crippen molar-refractivity contribution in [3.8, 4) is 0 Å². The molecule has 0 bridgehead atoms. The van der Waals surface area contributed by atoms with E-state index < -0.39 is 5.97 Å². The summed E-state index contributed by atoms with van der Waals surface area (Å²) in [5.74, 6) is -0.702. The van der Waals surface area contributed by atoms with Gasteiger partial charge in [0.15, 0.2) is 5.69 Å². The Kier molecular flexibility index (Phi) is 5.29. The van der Waals surface area contributed by atoms with E-state index in [1.54, 1.807) is 6.92 Å². The lowest BCUT2D eigenvalue weighted by atomic mass is 9.98. The number of anilines is 1. The molecule has 1 aromatic heterocycles. The summed E-state index contributed by atoms with van der Waals surface area (Å²) in [6.45, 7) is 2.92. The van der Waals surface area contributed by atoms with Crippen LogP contribution in [0.4, 0.5) is 5.95 Å². The maximum atomic E-state index is 10.9. The second-order valence-corrected chi connectivity index (χ2v) is 5.08. The van der Waals surface area contributed by atoms with E-state index in [-0.39, 0.29) is 5.69 Å². The molecule has 1 heterocycles. The van der Waals surface area contributed by atoms with Gasteiger partial charge in [0.05, 0.1) is 12.7 Å². The Morgan fingerprint density at radius 2 is 2.15 bits per heavy atom. The molecule has 1 aromatic rings. The second-order valence-electron chi connectivity index (χ2n) is 5.08. The monoisotopic (exact) mass is 279 g/mol. The van der Waals surface area contributed by atoms with Crippen molar-refractivity contribution in [3.05, 3.63) is 17.5 Å². The van der Waals surface area contributed by atoms with Gasteiger partial charge in [-0.1, -0.05) is 19.3 Å². The number of hydrogen-bond donors (Lipinski definition) is 2. The average molecular weight is 279 g/mol. The molecule has 2 rings (SSSR count). The number of carboxylic acid groups (broad SMARTS) is 1. The van der Waals surface area contributed by atoms with Gasteiger partial charge in [-0.2, -0.15) is 0 Å². The minimum Gasteiger partial charge on any atom is -0.477 e. The molecule has 1 aliphatic carbocycles. The van der Waals surface area contributed by atoms with Crippen molar-refractivity contribution in [2.75, 3.05) is 18.5 Å². The second kappa shape index (κ2) is 7.19. The van der Waals surface area contributed by atoms with Crippen molar-refractivity contribution in [2.45, 2.75) is 45.1 Å². The summed E-state index contributed by atoms with van der Waals surface area (Å²) in [7, 11) is 0. The summed E-state index contributed by atoms with van der Waals surface area (Å²) in [5, 5.41) is 11.9. The lowest BCUT2D eigenvalue weighted by Crippen LogP contribution is -2.21. The molecule has 0 spiro atoms. The molecule has 1 fully saturated rings. The Labute approximate surface area is 118 Å². The number of nitrogens with one attached hydrogen (secondary N) is 1. The molecule has 6 nitrogen and oxygen atoms in total. The van der Waals surface area contributed by atoms with Gasteiger partial charge in [0.1, 0.15) is 0 Å². The molecule has 6 heteroatoms. The summed E-state index contributed by atoms with van der Waals surface area (Å²) >= 11 is 0. The predicted molar refractivity (Wildman–Crippen MR) is 75.0 cm³/mol. The molecule has 1 aliphatic rings. The van der Waals surface area contributed by atoms with Crippen LogP contribution in [-0.2, 0) is 4.74 Å². The Balaban J connectivity index is 1.77. The molecule has 0 aliphatic heterocycles. The molecule has 0 atom stereocenters. The van der Waals surface area contributed by atoms with Crippen molar-refractivity contribution in [1.29, 1.82) is 0 Å². The zero-order valence-corrected chi connectivity index (χ0v) is 11.8. The molecule has 0 radical (unpaired) electrons. The van der Waals surface area contributed by atoms with Crippen LogP contribution in [0.1, 0.15) is 48.3 Å². The zero-order chi connectivity index (χ0) is 14.4. The van der Waals surface area contributed by atoms with E-state index in [0.29, 0.717) is 30.9 Å². The number of carboxylic acids is 1. The third-order valence-electron chi connectivity index (χ3n) is 3.36. The SMILES string of the molecule is Cc1cc(C(=O)O)nc(NCCOC2CCCCC2)n1. The highest BCUT2D eigenvalue weighted by Gasteiger charge is 2.13. The van der Waals surface area contributed by atoms with Crippen molar-refractivity contribution < 1.29 is 14.6 Å². The van der Waals surface area contributed by atoms with Crippen molar-refractivity contribution in [3.63, 3.8) is 0 Å². The van der Waals surface area contributed by atoms with Gasteiger partial charge in [-0.3, -0.25) is 0 Å². The lowest BCUT2D eigenvalue weighted by Gasteiger charge is -2.22. The Hall–Kier alpha value is -1.69. The summed E-state index contributed by atoms with van der Waals surface area (Å²) in [6, 6.07) is 1.45. The molecule has 0 unspecified atom stereocenters. The average Bonchev–Trinajstić information content (AvgIpc) is 2.44. The normalized spacial score (nSPS) is 16.1. The molecule has 0 saturated heterocycles. The van der Waals surface area contributed by atoms with Crippen LogP contribution in [0.15, 0.2) is 6.07 Å². The Morgan fingerprint density at radius 3 is 2.85 bits per heavy atom. The number of aromatic nitrogens is 2. The first-order valence-electron chi connectivity index (χ1n) is 7.09. The largest absolute Gasteiger partial charge is 0.477 e. The number of hydrogen-bond acceptors (Lipinski definition) is 5. The minimum absolute atomic E-state index is 0.00759. The van der Waals surface area contributed by atoms with E-state index in [1.807, 2.05) is 0 Å². The van der Waals surface area contributed by atoms with Gasteiger partial charge in [-0.05, 0) is 25.8 Å². The van der Waals surface area contributed by atoms with Crippen LogP contribution in [0.25, 0.3) is 0 Å². The van der Waals surface area contributed by atoms with E-state index in [9.17, 15) is 4.79 Å². The van der Waals surface area contributed by atoms with Gasteiger partial charge >= 0.3 is 5.97 Å². The number of aromatic carboxylic acids is 1. The highest BCUT2D eigenvalue weighted by Crippen LogP contribution is 2.19. The first kappa shape index (κ1) is 14.7. The standard InChI is InChI=1S/C14H21N3O3/c1-10-9-12(13(18)19)17-14(16-10)15-7-8-20-11-5-3-2-4-6-11/h9,11H,2-8H2,1H3,(H,18,19)(H,15,16,17). The van der Waals surface area contributed by atoms with Gasteiger partial charge in [0, 0.05) is 12.2 Å². The molecule has 20 heavy (non-hydrogen) atoms. The van der Waals surface area contributed by atoms with E-state index in [4.69, 9.17) is 9.84 Å². The lowest BCUT2D eigenvalue weighted by molar-refractivity contribution is 0.0347. The van der Waals surface area contributed by atoms with Crippen LogP contribution in [0, 0.1) is 6.92 Å². The van der Waals surface area contributed by atoms with Crippen LogP contribution in [0.3, 0.4) is 0 Å². The summed E-state index contributed by atoms with van der Waals surface area (Å²) in [5.41, 5.74) is 0.640. The topological polar surface area (TPSA) is 84.3 Å². The quantitative estimate of drug-likeness (QED) is 0.777. The number of nitrogens with zero attached hydrogens (tertiary/aromatic N) is 2. The van der Waals surface area contributed by atoms with Crippen LogP contribution >= 0.6 is 0 Å². The van der Waals surface area contributed by atoms with Crippen molar-refractivity contribution in [1.82, 2.24) is 9.97 Å². The molecule has 0 amide bonds. The Morgan fingerprint density at radius 1 is 1.40 bits per heavy atom. The number of ether oxygens (including phenoxy) is 1. The third-order valence-corrected chi connectivity index (χ3v) is 3.36. The third kappa shape index (κ3) is 4.45. The van der Waals surface area contributed by atoms with Gasteiger partial charge in [0.2, 0.25) is 5.95 Å². The van der Waals surface area contributed by atoms with Crippen molar-refractivity contribution in [2.24, 2.45) is 0 Å². The van der Waals surface area contributed by atoms with E-state index in [2.05, 4.69) is 15.3 Å². The van der Waals surface area contributed by atoms with Gasteiger partial charge < -0.3 is 15.2 Å². The molecule has 0 aromatic carbocycles. The number of carbonyl (C=O) groups is 1. The first-order chi connectivity index (χ1) is 9.65. The van der Waals surface area contributed by atoms with Gasteiger partial charge in [-0.25, -0.2) is 14.8 Å².